The van der Waals surface area contributed by atoms with Gasteiger partial charge in [0.2, 0.25) is 5.91 Å². The summed E-state index contributed by atoms with van der Waals surface area (Å²) in [5.41, 5.74) is 2.40. The lowest BCUT2D eigenvalue weighted by Gasteiger charge is -2.19. The predicted octanol–water partition coefficient (Wildman–Crippen LogP) is 4.30. The molecule has 0 heterocycles. The van der Waals surface area contributed by atoms with Crippen LogP contribution in [0.5, 0.6) is 0 Å². The first-order valence-electron chi connectivity index (χ1n) is 8.68. The Hall–Kier alpha value is -2.23. The van der Waals surface area contributed by atoms with Crippen LogP contribution in [0.15, 0.2) is 42.5 Å². The molecule has 2 aromatic rings. The van der Waals surface area contributed by atoms with Crippen molar-refractivity contribution in [2.45, 2.75) is 38.5 Å². The summed E-state index contributed by atoms with van der Waals surface area (Å²) in [5.74, 6) is -0.878. The van der Waals surface area contributed by atoms with Gasteiger partial charge in [-0.1, -0.05) is 42.8 Å². The number of aryl methyl sites for hydroxylation is 2. The number of hydrogen-bond donors (Lipinski definition) is 1. The van der Waals surface area contributed by atoms with Crippen molar-refractivity contribution in [3.05, 3.63) is 70.8 Å². The first-order chi connectivity index (χ1) is 11.9. The van der Waals surface area contributed by atoms with E-state index in [4.69, 9.17) is 0 Å². The van der Waals surface area contributed by atoms with E-state index in [1.165, 1.54) is 17.7 Å². The van der Waals surface area contributed by atoms with E-state index >= 15 is 0 Å². The molecular formula is C21H23F2NO. The van der Waals surface area contributed by atoms with Crippen LogP contribution in [-0.2, 0) is 16.6 Å². The highest BCUT2D eigenvalue weighted by atomic mass is 19.1. The lowest BCUT2D eigenvalue weighted by atomic mass is 9.92. The summed E-state index contributed by atoms with van der Waals surface area (Å²) in [6.07, 6.45) is 1.88. The fraction of sp³-hybridized carbons (Fsp3) is 0.381. The Morgan fingerprint density at radius 2 is 2.00 bits per heavy atom. The molecule has 1 N–H and O–H groups in total. The number of hydrogen-bond acceptors (Lipinski definition) is 1. The maximum atomic E-state index is 14.1. The fourth-order valence-electron chi connectivity index (χ4n) is 3.57. The van der Waals surface area contributed by atoms with Gasteiger partial charge in [0, 0.05) is 24.4 Å². The summed E-state index contributed by atoms with van der Waals surface area (Å²) in [4.78, 5) is 12.2. The molecule has 0 radical (unpaired) electrons. The van der Waals surface area contributed by atoms with Crippen molar-refractivity contribution in [2.24, 2.45) is 5.92 Å². The van der Waals surface area contributed by atoms with Crippen LogP contribution >= 0.6 is 0 Å². The van der Waals surface area contributed by atoms with Gasteiger partial charge in [-0.25, -0.2) is 8.78 Å². The molecule has 3 rings (SSSR count). The Kier molecular flexibility index (Phi) is 4.89. The lowest BCUT2D eigenvalue weighted by molar-refractivity contribution is -0.121. The molecule has 1 fully saturated rings. The van der Waals surface area contributed by atoms with Crippen molar-refractivity contribution in [3.8, 4) is 0 Å². The van der Waals surface area contributed by atoms with Crippen LogP contribution in [0.4, 0.5) is 8.78 Å². The molecule has 2 aromatic carbocycles. The second-order valence-electron chi connectivity index (χ2n) is 7.15. The second kappa shape index (κ2) is 6.95. The van der Waals surface area contributed by atoms with Crippen LogP contribution in [0.25, 0.3) is 0 Å². The molecule has 1 aliphatic carbocycles. The number of carbonyl (C=O) groups is 1. The van der Waals surface area contributed by atoms with Crippen molar-refractivity contribution in [1.29, 1.82) is 0 Å². The summed E-state index contributed by atoms with van der Waals surface area (Å²) in [5, 5.41) is 2.94. The molecule has 1 saturated carbocycles. The summed E-state index contributed by atoms with van der Waals surface area (Å²) in [7, 11) is 0. The zero-order valence-electron chi connectivity index (χ0n) is 14.6. The maximum absolute atomic E-state index is 14.1. The predicted molar refractivity (Wildman–Crippen MR) is 94.3 cm³/mol. The average Bonchev–Trinajstić information content (AvgIpc) is 3.22. The van der Waals surface area contributed by atoms with E-state index in [1.807, 2.05) is 32.0 Å². The highest BCUT2D eigenvalue weighted by Gasteiger charge is 2.53. The molecule has 4 heteroatoms. The molecule has 1 amide bonds. The minimum absolute atomic E-state index is 0.0394. The Morgan fingerprint density at radius 1 is 1.24 bits per heavy atom. The first-order valence-corrected chi connectivity index (χ1v) is 8.68. The summed E-state index contributed by atoms with van der Waals surface area (Å²) >= 11 is 0. The van der Waals surface area contributed by atoms with E-state index in [0.717, 1.165) is 18.1 Å². The molecule has 25 heavy (non-hydrogen) atoms. The summed E-state index contributed by atoms with van der Waals surface area (Å²) in [6, 6.07) is 11.8. The molecule has 2 nitrogen and oxygen atoms in total. The van der Waals surface area contributed by atoms with Gasteiger partial charge < -0.3 is 5.32 Å². The smallest absolute Gasteiger partial charge is 0.220 e. The van der Waals surface area contributed by atoms with Gasteiger partial charge in [0.25, 0.3) is 0 Å². The minimum atomic E-state index is -0.577. The molecule has 2 atom stereocenters. The van der Waals surface area contributed by atoms with Gasteiger partial charge in [-0.15, -0.1) is 0 Å². The lowest BCUT2D eigenvalue weighted by Crippen LogP contribution is -2.34. The largest absolute Gasteiger partial charge is 0.355 e. The minimum Gasteiger partial charge on any atom is -0.355 e. The number of halogens is 2. The third-order valence-corrected chi connectivity index (χ3v) is 5.25. The molecule has 0 bridgehead atoms. The zero-order chi connectivity index (χ0) is 18.0. The fourth-order valence-corrected chi connectivity index (χ4v) is 3.57. The molecule has 1 aliphatic rings. The van der Waals surface area contributed by atoms with Crippen LogP contribution in [0.2, 0.25) is 0 Å². The van der Waals surface area contributed by atoms with Gasteiger partial charge in [0.15, 0.2) is 0 Å². The number of benzene rings is 2. The molecule has 132 valence electrons. The van der Waals surface area contributed by atoms with Crippen LogP contribution in [0.1, 0.15) is 36.5 Å². The standard InChI is InChI=1S/C21H23F2NO/c1-14-4-3-5-16(10-14)6-9-20(25)24-13-21(12-15(21)2)18-8-7-17(22)11-19(18)23/h3-5,7-8,10-11,15H,6,9,12-13H2,1-2H3,(H,24,25). The van der Waals surface area contributed by atoms with E-state index in [0.29, 0.717) is 24.9 Å². The van der Waals surface area contributed by atoms with Crippen LogP contribution in [-0.4, -0.2) is 12.5 Å². The normalized spacial score (nSPS) is 21.8. The molecule has 0 spiro atoms. The topological polar surface area (TPSA) is 29.1 Å². The van der Waals surface area contributed by atoms with Gasteiger partial charge >= 0.3 is 0 Å². The van der Waals surface area contributed by atoms with Crippen LogP contribution < -0.4 is 5.32 Å². The number of rotatable bonds is 6. The van der Waals surface area contributed by atoms with Crippen molar-refractivity contribution >= 4 is 5.91 Å². The quantitative estimate of drug-likeness (QED) is 0.832. The van der Waals surface area contributed by atoms with Crippen molar-refractivity contribution in [3.63, 3.8) is 0 Å². The monoisotopic (exact) mass is 343 g/mol. The molecule has 0 aromatic heterocycles. The SMILES string of the molecule is Cc1cccc(CCC(=O)NCC2(c3ccc(F)cc3F)CC2C)c1. The van der Waals surface area contributed by atoms with Crippen LogP contribution in [0, 0.1) is 24.5 Å². The molecule has 0 aliphatic heterocycles. The van der Waals surface area contributed by atoms with E-state index in [2.05, 4.69) is 11.4 Å². The van der Waals surface area contributed by atoms with E-state index < -0.39 is 17.0 Å². The highest BCUT2D eigenvalue weighted by molar-refractivity contribution is 5.76. The summed E-state index contributed by atoms with van der Waals surface area (Å²) in [6.45, 7) is 4.45. The Bertz CT molecular complexity index is 789. The summed E-state index contributed by atoms with van der Waals surface area (Å²) < 4.78 is 27.3. The number of amides is 1. The third-order valence-electron chi connectivity index (χ3n) is 5.25. The molecule has 0 saturated heterocycles. The molecule has 2 unspecified atom stereocenters. The first kappa shape index (κ1) is 17.6. The highest BCUT2D eigenvalue weighted by Crippen LogP contribution is 2.54. The molecular weight excluding hydrogens is 320 g/mol. The zero-order valence-corrected chi connectivity index (χ0v) is 14.6. The second-order valence-corrected chi connectivity index (χ2v) is 7.15. The van der Waals surface area contributed by atoms with E-state index in [9.17, 15) is 13.6 Å². The van der Waals surface area contributed by atoms with Gasteiger partial charge in [-0.05, 0) is 42.9 Å². The van der Waals surface area contributed by atoms with E-state index in [-0.39, 0.29) is 11.8 Å². The van der Waals surface area contributed by atoms with Crippen molar-refractivity contribution < 1.29 is 13.6 Å². The Balaban J connectivity index is 1.59. The van der Waals surface area contributed by atoms with Gasteiger partial charge in [-0.2, -0.15) is 0 Å². The van der Waals surface area contributed by atoms with Gasteiger partial charge in [0.05, 0.1) is 0 Å². The van der Waals surface area contributed by atoms with Crippen LogP contribution in [0.3, 0.4) is 0 Å². The van der Waals surface area contributed by atoms with Crippen molar-refractivity contribution in [1.82, 2.24) is 5.32 Å². The van der Waals surface area contributed by atoms with E-state index in [1.54, 1.807) is 0 Å². The Morgan fingerprint density at radius 3 is 2.64 bits per heavy atom. The number of carbonyl (C=O) groups excluding carboxylic acids is 1. The third kappa shape index (κ3) is 3.89. The number of nitrogens with one attached hydrogen (secondary N) is 1. The maximum Gasteiger partial charge on any atom is 0.220 e. The Labute approximate surface area is 147 Å². The average molecular weight is 343 g/mol. The van der Waals surface area contributed by atoms with Gasteiger partial charge in [0.1, 0.15) is 11.6 Å². The van der Waals surface area contributed by atoms with Gasteiger partial charge in [-0.3, -0.25) is 4.79 Å². The van der Waals surface area contributed by atoms with Crippen molar-refractivity contribution in [2.75, 3.05) is 6.54 Å².